The second-order valence-corrected chi connectivity index (χ2v) is 22.2. The van der Waals surface area contributed by atoms with Crippen LogP contribution in [0.5, 0.6) is 11.5 Å². The van der Waals surface area contributed by atoms with Crippen molar-refractivity contribution in [3.63, 3.8) is 0 Å². The third kappa shape index (κ3) is 8.35. The van der Waals surface area contributed by atoms with Crippen LogP contribution in [0.4, 0.5) is 0 Å². The number of fused-ring (bicyclic) bond motifs is 1. The second-order valence-electron chi connectivity index (χ2n) is 15.7. The topological polar surface area (TPSA) is 117 Å². The SMILES string of the molecule is CC/C(=C\c1cc(I)c(O)c(OC)c1)CC[C@@H](O)C1=C(CO[Si](c2ccccc2)(c2ccccc2)C(C)(C)C)C[C@H]2C(=O)N(Cc3cccs3)C(=O)[C@H]2[C@H]1CO. The van der Waals surface area contributed by atoms with Gasteiger partial charge < -0.3 is 24.5 Å². The number of phenolic OH excluding ortho intramolecular Hbond substituents is 1. The lowest BCUT2D eigenvalue weighted by Gasteiger charge is -2.44. The minimum Gasteiger partial charge on any atom is -0.504 e. The van der Waals surface area contributed by atoms with Gasteiger partial charge in [-0.05, 0) is 104 Å². The van der Waals surface area contributed by atoms with Crippen LogP contribution in [0.3, 0.4) is 0 Å². The maximum absolute atomic E-state index is 14.2. The van der Waals surface area contributed by atoms with Gasteiger partial charge in [0, 0.05) is 10.8 Å². The van der Waals surface area contributed by atoms with Crippen molar-refractivity contribution in [1.82, 2.24) is 4.90 Å². The van der Waals surface area contributed by atoms with Crippen LogP contribution >= 0.6 is 33.9 Å². The molecule has 1 aliphatic carbocycles. The number of likely N-dealkylation sites (tertiary alicyclic amines) is 1. The fourth-order valence-corrected chi connectivity index (χ4v) is 14.6. The molecule has 4 atom stereocenters. The number of amides is 2. The lowest BCUT2D eigenvalue weighted by Crippen LogP contribution is -2.66. The Morgan fingerprint density at radius 3 is 2.23 bits per heavy atom. The Morgan fingerprint density at radius 1 is 1.02 bits per heavy atom. The van der Waals surface area contributed by atoms with Crippen molar-refractivity contribution in [3.8, 4) is 11.5 Å². The molecule has 0 radical (unpaired) electrons. The summed E-state index contributed by atoms with van der Waals surface area (Å²) in [4.78, 5) is 30.6. The Hall–Kier alpha value is -3.59. The number of phenols is 1. The Balaban J connectivity index is 1.40. The lowest BCUT2D eigenvalue weighted by molar-refractivity contribution is -0.140. The van der Waals surface area contributed by atoms with Crippen molar-refractivity contribution in [2.24, 2.45) is 17.8 Å². The van der Waals surface area contributed by atoms with E-state index >= 15 is 0 Å². The fourth-order valence-electron chi connectivity index (χ4n) is 8.73. The van der Waals surface area contributed by atoms with Crippen molar-refractivity contribution >= 4 is 70.5 Å². The second kappa shape index (κ2) is 17.9. The maximum Gasteiger partial charge on any atom is 0.261 e. The van der Waals surface area contributed by atoms with Gasteiger partial charge >= 0.3 is 0 Å². The van der Waals surface area contributed by atoms with Crippen molar-refractivity contribution in [1.29, 1.82) is 0 Å². The normalized spacial score (nSPS) is 19.8. The number of aliphatic hydroxyl groups is 2. The Morgan fingerprint density at radius 2 is 1.68 bits per heavy atom. The van der Waals surface area contributed by atoms with Crippen molar-refractivity contribution in [2.45, 2.75) is 71.1 Å². The van der Waals surface area contributed by atoms with Gasteiger partial charge in [-0.15, -0.1) is 11.3 Å². The van der Waals surface area contributed by atoms with E-state index in [1.165, 1.54) is 23.3 Å². The number of halogens is 1. The quantitative estimate of drug-likeness (QED) is 0.0485. The smallest absolute Gasteiger partial charge is 0.261 e. The van der Waals surface area contributed by atoms with Crippen LogP contribution in [0.25, 0.3) is 6.08 Å². The van der Waals surface area contributed by atoms with Crippen molar-refractivity contribution < 1.29 is 34.1 Å². The van der Waals surface area contributed by atoms with E-state index in [0.717, 1.165) is 38.4 Å². The average Bonchev–Trinajstić information content (AvgIpc) is 3.80. The summed E-state index contributed by atoms with van der Waals surface area (Å²) < 4.78 is 13.5. The highest BCUT2D eigenvalue weighted by atomic mass is 127. The van der Waals surface area contributed by atoms with Crippen LogP contribution in [0.1, 0.15) is 63.8 Å². The van der Waals surface area contributed by atoms with E-state index in [1.807, 2.05) is 60.0 Å². The molecular weight excluding hydrogens is 854 g/mol. The predicted molar refractivity (Wildman–Crippen MR) is 234 cm³/mol. The van der Waals surface area contributed by atoms with E-state index in [-0.39, 0.29) is 48.8 Å². The van der Waals surface area contributed by atoms with Crippen LogP contribution in [0.15, 0.2) is 107 Å². The number of benzene rings is 3. The largest absolute Gasteiger partial charge is 0.504 e. The molecule has 2 aliphatic rings. The molecule has 3 N–H and O–H groups in total. The first-order chi connectivity index (χ1) is 26.8. The first-order valence-electron chi connectivity index (χ1n) is 19.2. The van der Waals surface area contributed by atoms with Crippen LogP contribution in [-0.4, -0.2) is 66.8 Å². The molecule has 0 unspecified atom stereocenters. The number of carbonyl (C=O) groups is 2. The number of allylic oxidation sites excluding steroid dienone is 1. The van der Waals surface area contributed by atoms with E-state index in [0.29, 0.717) is 27.7 Å². The average molecular weight is 906 g/mol. The molecule has 11 heteroatoms. The minimum absolute atomic E-state index is 0.0954. The van der Waals surface area contributed by atoms with E-state index in [4.69, 9.17) is 9.16 Å². The predicted octanol–water partition coefficient (Wildman–Crippen LogP) is 7.69. The highest BCUT2D eigenvalue weighted by Gasteiger charge is 2.56. The number of rotatable bonds is 15. The van der Waals surface area contributed by atoms with Crippen LogP contribution in [0.2, 0.25) is 5.04 Å². The molecule has 8 nitrogen and oxygen atoms in total. The van der Waals surface area contributed by atoms with E-state index in [1.54, 1.807) is 6.07 Å². The molecule has 2 amide bonds. The number of carbonyl (C=O) groups excluding carboxylic acids is 2. The first-order valence-corrected chi connectivity index (χ1v) is 23.1. The van der Waals surface area contributed by atoms with Crippen LogP contribution < -0.4 is 15.1 Å². The number of thiophene rings is 1. The summed E-state index contributed by atoms with van der Waals surface area (Å²) in [5, 5.41) is 37.7. The lowest BCUT2D eigenvalue weighted by atomic mass is 9.68. The molecule has 56 heavy (non-hydrogen) atoms. The van der Waals surface area contributed by atoms with Crippen LogP contribution in [-0.2, 0) is 20.6 Å². The van der Waals surface area contributed by atoms with Gasteiger partial charge in [0.2, 0.25) is 11.8 Å². The molecule has 0 spiro atoms. The fraction of sp³-hybridized carbons (Fsp3) is 0.378. The number of aliphatic hydroxyl groups excluding tert-OH is 2. The van der Waals surface area contributed by atoms with Gasteiger partial charge in [-0.3, -0.25) is 14.5 Å². The van der Waals surface area contributed by atoms with Gasteiger partial charge in [0.1, 0.15) is 0 Å². The molecule has 4 aromatic rings. The molecule has 2 heterocycles. The van der Waals surface area contributed by atoms with E-state index < -0.39 is 32.2 Å². The standard InChI is InChI=1S/C45H52INO7SSi/c1-6-29(22-30-23-37(46)42(50)39(24-30)53-5)19-20-38(49)40-31(25-35-41(36(40)27-48)44(52)47(43(35)51)26-32-14-13-21-55-32)28-54-56(45(2,3)4,33-15-9-7-10-16-33)34-17-11-8-12-18-34/h7-18,21-24,35-36,38,41,48-50H,6,19-20,25-28H2,1-5H3/b29-22+/t35-,36+,38-,41-/m1/s1. The highest BCUT2D eigenvalue weighted by molar-refractivity contribution is 14.1. The summed E-state index contributed by atoms with van der Waals surface area (Å²) in [5.74, 6) is -2.23. The molecule has 1 aliphatic heterocycles. The first kappa shape index (κ1) is 42.0. The number of ether oxygens (including phenoxy) is 1. The molecule has 0 saturated carbocycles. The molecular formula is C45H52INO7SSi. The zero-order valence-electron chi connectivity index (χ0n) is 32.7. The number of hydrogen-bond acceptors (Lipinski definition) is 8. The Labute approximate surface area is 349 Å². The molecule has 1 aromatic heterocycles. The van der Waals surface area contributed by atoms with Crippen molar-refractivity contribution in [3.05, 3.63) is 121 Å². The van der Waals surface area contributed by atoms with Crippen LogP contribution in [0, 0.1) is 21.3 Å². The summed E-state index contributed by atoms with van der Waals surface area (Å²) in [7, 11) is -1.51. The zero-order chi connectivity index (χ0) is 40.2. The van der Waals surface area contributed by atoms with Gasteiger partial charge in [0.15, 0.2) is 11.5 Å². The van der Waals surface area contributed by atoms with Gasteiger partial charge in [0.25, 0.3) is 8.32 Å². The highest BCUT2D eigenvalue weighted by Crippen LogP contribution is 2.48. The number of nitrogens with zero attached hydrogens (tertiary/aromatic N) is 1. The monoisotopic (exact) mass is 905 g/mol. The molecule has 3 aromatic carbocycles. The molecule has 0 bridgehead atoms. The summed E-state index contributed by atoms with van der Waals surface area (Å²) in [6, 6.07) is 28.2. The van der Waals surface area contributed by atoms with Gasteiger partial charge in [-0.1, -0.05) is 106 Å². The molecule has 296 valence electrons. The summed E-state index contributed by atoms with van der Waals surface area (Å²) in [5.41, 5.74) is 3.36. The number of methoxy groups -OCH3 is 1. The van der Waals surface area contributed by atoms with E-state index in [9.17, 15) is 24.9 Å². The third-order valence-electron chi connectivity index (χ3n) is 11.4. The summed E-state index contributed by atoms with van der Waals surface area (Å²) in [6.45, 7) is 8.65. The molecule has 1 saturated heterocycles. The van der Waals surface area contributed by atoms with Gasteiger partial charge in [-0.2, -0.15) is 0 Å². The van der Waals surface area contributed by atoms with Gasteiger partial charge in [0.05, 0.1) is 48.4 Å². The van der Waals surface area contributed by atoms with Crippen molar-refractivity contribution in [2.75, 3.05) is 20.3 Å². The molecule has 1 fully saturated rings. The van der Waals surface area contributed by atoms with Gasteiger partial charge in [-0.25, -0.2) is 0 Å². The van der Waals surface area contributed by atoms with E-state index in [2.05, 4.69) is 80.6 Å². The number of imide groups is 1. The molecule has 6 rings (SSSR count). The Kier molecular flexibility index (Phi) is 13.4. The summed E-state index contributed by atoms with van der Waals surface area (Å²) in [6.07, 6.45) is 2.95. The maximum atomic E-state index is 14.2. The summed E-state index contributed by atoms with van der Waals surface area (Å²) >= 11 is 3.58. The zero-order valence-corrected chi connectivity index (χ0v) is 36.7. The Bertz CT molecular complexity index is 2020. The number of hydrogen-bond donors (Lipinski definition) is 3. The third-order valence-corrected chi connectivity index (χ3v) is 18.1. The number of aromatic hydroxyl groups is 1. The minimum atomic E-state index is -3.03.